The number of fused-ring (bicyclic) bond motifs is 1. The van der Waals surface area contributed by atoms with Gasteiger partial charge in [-0.05, 0) is 13.0 Å². The minimum absolute atomic E-state index is 0.0443. The average Bonchev–Trinajstić information content (AvgIpc) is 2.62. The molecular weight excluding hydrogens is 208 g/mol. The summed E-state index contributed by atoms with van der Waals surface area (Å²) in [6, 6.07) is 3.75. The maximum absolute atomic E-state index is 10.7. The third kappa shape index (κ3) is 1.71. The number of hydrogen-bond acceptors (Lipinski definition) is 3. The van der Waals surface area contributed by atoms with Crippen molar-refractivity contribution in [1.29, 1.82) is 0 Å². The molecule has 0 aliphatic carbocycles. The van der Waals surface area contributed by atoms with Gasteiger partial charge in [0.25, 0.3) is 0 Å². The number of aliphatic carboxylic acids is 1. The van der Waals surface area contributed by atoms with Gasteiger partial charge in [-0.2, -0.15) is 0 Å². The SMILES string of the molecule is COc1ccc2c(c1C)OC[C@@H]2CC(=O)O. The van der Waals surface area contributed by atoms with E-state index in [1.165, 1.54) is 0 Å². The van der Waals surface area contributed by atoms with Crippen LogP contribution in [0.3, 0.4) is 0 Å². The van der Waals surface area contributed by atoms with Gasteiger partial charge in [-0.1, -0.05) is 6.07 Å². The summed E-state index contributed by atoms with van der Waals surface area (Å²) in [7, 11) is 1.61. The second-order valence-corrected chi connectivity index (χ2v) is 3.92. The maximum atomic E-state index is 10.7. The molecule has 0 fully saturated rings. The Morgan fingerprint density at radius 1 is 1.62 bits per heavy atom. The maximum Gasteiger partial charge on any atom is 0.304 e. The third-order valence-corrected chi connectivity index (χ3v) is 2.90. The van der Waals surface area contributed by atoms with Gasteiger partial charge in [0.15, 0.2) is 0 Å². The molecule has 1 heterocycles. The average molecular weight is 222 g/mol. The first-order chi connectivity index (χ1) is 7.63. The molecule has 1 N–H and O–H groups in total. The Morgan fingerprint density at radius 2 is 2.38 bits per heavy atom. The van der Waals surface area contributed by atoms with E-state index in [0.29, 0.717) is 6.61 Å². The molecule has 0 saturated heterocycles. The fraction of sp³-hybridized carbons (Fsp3) is 0.417. The van der Waals surface area contributed by atoms with Gasteiger partial charge in [-0.25, -0.2) is 0 Å². The highest BCUT2D eigenvalue weighted by molar-refractivity contribution is 5.69. The van der Waals surface area contributed by atoms with Crippen molar-refractivity contribution in [2.45, 2.75) is 19.3 Å². The molecule has 0 aromatic heterocycles. The molecule has 0 unspecified atom stereocenters. The molecule has 1 atom stereocenters. The molecule has 0 amide bonds. The zero-order valence-electron chi connectivity index (χ0n) is 9.32. The molecule has 1 aromatic carbocycles. The largest absolute Gasteiger partial charge is 0.496 e. The van der Waals surface area contributed by atoms with Gasteiger partial charge in [-0.15, -0.1) is 0 Å². The number of carboxylic acids is 1. The van der Waals surface area contributed by atoms with Gasteiger partial charge in [0, 0.05) is 17.0 Å². The summed E-state index contributed by atoms with van der Waals surface area (Å²) >= 11 is 0. The summed E-state index contributed by atoms with van der Waals surface area (Å²) in [5.41, 5.74) is 1.91. The van der Waals surface area contributed by atoms with Crippen molar-refractivity contribution < 1.29 is 19.4 Å². The highest BCUT2D eigenvalue weighted by Crippen LogP contribution is 2.41. The zero-order chi connectivity index (χ0) is 11.7. The number of benzene rings is 1. The molecule has 0 radical (unpaired) electrons. The van der Waals surface area contributed by atoms with Crippen molar-refractivity contribution in [3.05, 3.63) is 23.3 Å². The van der Waals surface area contributed by atoms with Crippen LogP contribution in [0.15, 0.2) is 12.1 Å². The fourth-order valence-corrected chi connectivity index (χ4v) is 2.08. The zero-order valence-corrected chi connectivity index (χ0v) is 9.32. The Balaban J connectivity index is 2.35. The summed E-state index contributed by atoms with van der Waals surface area (Å²) in [4.78, 5) is 10.7. The van der Waals surface area contributed by atoms with Gasteiger partial charge >= 0.3 is 5.97 Å². The Hall–Kier alpha value is -1.71. The van der Waals surface area contributed by atoms with Crippen molar-refractivity contribution in [1.82, 2.24) is 0 Å². The van der Waals surface area contributed by atoms with Crippen LogP contribution in [0.1, 0.15) is 23.5 Å². The van der Waals surface area contributed by atoms with Gasteiger partial charge in [0.2, 0.25) is 0 Å². The smallest absolute Gasteiger partial charge is 0.304 e. The van der Waals surface area contributed by atoms with Gasteiger partial charge in [0.05, 0.1) is 20.1 Å². The lowest BCUT2D eigenvalue weighted by atomic mass is 9.96. The van der Waals surface area contributed by atoms with E-state index in [2.05, 4.69) is 0 Å². The minimum atomic E-state index is -0.796. The van der Waals surface area contributed by atoms with E-state index < -0.39 is 5.97 Å². The first-order valence-corrected chi connectivity index (χ1v) is 5.15. The van der Waals surface area contributed by atoms with Crippen LogP contribution in [0.2, 0.25) is 0 Å². The molecule has 1 aliphatic heterocycles. The standard InChI is InChI=1S/C12H14O4/c1-7-10(15-2)4-3-9-8(5-11(13)14)6-16-12(7)9/h3-4,8H,5-6H2,1-2H3,(H,13,14)/t8-/m0/s1. The Morgan fingerprint density at radius 3 is 3.00 bits per heavy atom. The minimum Gasteiger partial charge on any atom is -0.496 e. The van der Waals surface area contributed by atoms with Gasteiger partial charge < -0.3 is 14.6 Å². The second-order valence-electron chi connectivity index (χ2n) is 3.92. The normalized spacial score (nSPS) is 17.8. The van der Waals surface area contributed by atoms with E-state index in [4.69, 9.17) is 14.6 Å². The third-order valence-electron chi connectivity index (χ3n) is 2.90. The first kappa shape index (κ1) is 10.8. The molecule has 1 aromatic rings. The van der Waals surface area contributed by atoms with Crippen LogP contribution in [-0.2, 0) is 4.79 Å². The molecule has 4 heteroatoms. The molecule has 0 bridgehead atoms. The van der Waals surface area contributed by atoms with Crippen molar-refractivity contribution in [2.75, 3.05) is 13.7 Å². The second kappa shape index (κ2) is 4.04. The number of methoxy groups -OCH3 is 1. The van der Waals surface area contributed by atoms with Crippen LogP contribution in [0.4, 0.5) is 0 Å². The monoisotopic (exact) mass is 222 g/mol. The Kier molecular flexibility index (Phi) is 2.73. The molecule has 0 spiro atoms. The van der Waals surface area contributed by atoms with Crippen LogP contribution < -0.4 is 9.47 Å². The van der Waals surface area contributed by atoms with Crippen LogP contribution in [0, 0.1) is 6.92 Å². The van der Waals surface area contributed by atoms with E-state index in [-0.39, 0.29) is 12.3 Å². The van der Waals surface area contributed by atoms with Crippen molar-refractivity contribution in [3.63, 3.8) is 0 Å². The van der Waals surface area contributed by atoms with Crippen LogP contribution >= 0.6 is 0 Å². The van der Waals surface area contributed by atoms with Crippen LogP contribution in [0.25, 0.3) is 0 Å². The number of carbonyl (C=O) groups is 1. The number of hydrogen-bond donors (Lipinski definition) is 1. The summed E-state index contributed by atoms with van der Waals surface area (Å²) in [6.45, 7) is 2.36. The van der Waals surface area contributed by atoms with E-state index >= 15 is 0 Å². The lowest BCUT2D eigenvalue weighted by molar-refractivity contribution is -0.137. The highest BCUT2D eigenvalue weighted by Gasteiger charge is 2.28. The van der Waals surface area contributed by atoms with Crippen molar-refractivity contribution in [2.24, 2.45) is 0 Å². The van der Waals surface area contributed by atoms with E-state index in [0.717, 1.165) is 22.6 Å². The van der Waals surface area contributed by atoms with E-state index in [1.54, 1.807) is 7.11 Å². The van der Waals surface area contributed by atoms with E-state index in [9.17, 15) is 4.79 Å². The molecule has 0 saturated carbocycles. The van der Waals surface area contributed by atoms with Gasteiger partial charge in [0.1, 0.15) is 11.5 Å². The number of carboxylic acid groups (broad SMARTS) is 1. The summed E-state index contributed by atoms with van der Waals surface area (Å²) in [5.74, 6) is 0.715. The van der Waals surface area contributed by atoms with Crippen molar-refractivity contribution in [3.8, 4) is 11.5 Å². The fourth-order valence-electron chi connectivity index (χ4n) is 2.08. The first-order valence-electron chi connectivity index (χ1n) is 5.15. The predicted octanol–water partition coefficient (Wildman–Crippen LogP) is 1.95. The molecule has 4 nitrogen and oxygen atoms in total. The predicted molar refractivity (Wildman–Crippen MR) is 58.2 cm³/mol. The summed E-state index contributed by atoms with van der Waals surface area (Å²) < 4.78 is 10.7. The highest BCUT2D eigenvalue weighted by atomic mass is 16.5. The number of ether oxygens (including phenoxy) is 2. The molecule has 1 aliphatic rings. The topological polar surface area (TPSA) is 55.8 Å². The van der Waals surface area contributed by atoms with Gasteiger partial charge in [-0.3, -0.25) is 4.79 Å². The summed E-state index contributed by atoms with van der Waals surface area (Å²) in [5, 5.41) is 8.79. The number of rotatable bonds is 3. The lowest BCUT2D eigenvalue weighted by Crippen LogP contribution is -2.07. The van der Waals surface area contributed by atoms with Crippen molar-refractivity contribution >= 4 is 5.97 Å². The van der Waals surface area contributed by atoms with Crippen LogP contribution in [-0.4, -0.2) is 24.8 Å². The quantitative estimate of drug-likeness (QED) is 0.849. The van der Waals surface area contributed by atoms with E-state index in [1.807, 2.05) is 19.1 Å². The Labute approximate surface area is 93.8 Å². The molecule has 2 rings (SSSR count). The molecular formula is C12H14O4. The van der Waals surface area contributed by atoms with Crippen LogP contribution in [0.5, 0.6) is 11.5 Å². The molecule has 86 valence electrons. The Bertz CT molecular complexity index is 425. The lowest BCUT2D eigenvalue weighted by Gasteiger charge is -2.09. The molecule has 16 heavy (non-hydrogen) atoms. The summed E-state index contributed by atoms with van der Waals surface area (Å²) in [6.07, 6.45) is 0.110.